The fraction of sp³-hybridized carbons (Fsp3) is 0.216. The van der Waals surface area contributed by atoms with E-state index in [4.69, 9.17) is 16.3 Å². The van der Waals surface area contributed by atoms with E-state index in [0.717, 1.165) is 40.9 Å². The van der Waals surface area contributed by atoms with E-state index < -0.39 is 5.60 Å². The van der Waals surface area contributed by atoms with E-state index in [9.17, 15) is 14.4 Å². The van der Waals surface area contributed by atoms with E-state index in [1.54, 1.807) is 80.8 Å². The van der Waals surface area contributed by atoms with Crippen molar-refractivity contribution < 1.29 is 19.1 Å². The first kappa shape index (κ1) is 33.5. The number of likely N-dealkylation sites (tertiary alicyclic amines) is 1. The number of hydrogen-bond acceptors (Lipinski definition) is 8. The molecule has 1 aliphatic heterocycles. The first-order valence-corrected chi connectivity index (χ1v) is 16.4. The average Bonchev–Trinajstić information content (AvgIpc) is 3.54. The van der Waals surface area contributed by atoms with Gasteiger partial charge in [-0.3, -0.25) is 14.4 Å². The van der Waals surface area contributed by atoms with Crippen molar-refractivity contribution >= 4 is 56.8 Å². The Balaban J connectivity index is 0.000000214. The van der Waals surface area contributed by atoms with Crippen LogP contribution in [0.5, 0.6) is 5.75 Å². The van der Waals surface area contributed by atoms with Crippen LogP contribution in [0.3, 0.4) is 0 Å². The molecule has 1 fully saturated rings. The van der Waals surface area contributed by atoms with E-state index in [1.807, 2.05) is 47.4 Å². The minimum atomic E-state index is -1.01. The lowest BCUT2D eigenvalue weighted by Gasteiger charge is -2.34. The number of fused-ring (bicyclic) bond motifs is 1. The molecule has 2 heterocycles. The molecule has 1 saturated heterocycles. The number of thiazole rings is 1. The molecule has 10 heteroatoms. The molecule has 0 bridgehead atoms. The van der Waals surface area contributed by atoms with Crippen LogP contribution in [-0.2, 0) is 4.79 Å². The molecule has 0 saturated carbocycles. The molecule has 240 valence electrons. The summed E-state index contributed by atoms with van der Waals surface area (Å²) in [6, 6.07) is 29.2. The Morgan fingerprint density at radius 2 is 1.53 bits per heavy atom. The molecule has 4 aromatic carbocycles. The second kappa shape index (κ2) is 15.2. The topological polar surface area (TPSA) is 101 Å². The van der Waals surface area contributed by atoms with Gasteiger partial charge in [-0.15, -0.1) is 11.3 Å². The Bertz CT molecular complexity index is 1840. The Kier molecular flexibility index (Phi) is 10.8. The molecule has 5 aromatic rings. The summed E-state index contributed by atoms with van der Waals surface area (Å²) in [5, 5.41) is 5.79. The molecule has 0 unspecified atom stereocenters. The number of ether oxygens (including phenoxy) is 1. The third-order valence-electron chi connectivity index (χ3n) is 7.60. The van der Waals surface area contributed by atoms with Crippen molar-refractivity contribution in [2.24, 2.45) is 5.10 Å². The number of carbonyl (C=O) groups excluding carboxylic acids is 3. The van der Waals surface area contributed by atoms with Gasteiger partial charge in [0.25, 0.3) is 5.91 Å². The summed E-state index contributed by atoms with van der Waals surface area (Å²) in [7, 11) is 1.77. The highest BCUT2D eigenvalue weighted by molar-refractivity contribution is 7.21. The molecule has 0 aliphatic carbocycles. The fourth-order valence-corrected chi connectivity index (χ4v) is 6.20. The van der Waals surface area contributed by atoms with Gasteiger partial charge in [0.1, 0.15) is 17.0 Å². The van der Waals surface area contributed by atoms with Gasteiger partial charge < -0.3 is 15.1 Å². The smallest absolute Gasteiger partial charge is 0.266 e. The summed E-state index contributed by atoms with van der Waals surface area (Å²) in [5.74, 6) is 0.378. The summed E-state index contributed by atoms with van der Waals surface area (Å²) < 4.78 is 7.17. The predicted octanol–water partition coefficient (Wildman–Crippen LogP) is 7.70. The monoisotopic (exact) mass is 666 g/mol. The molecular weight excluding hydrogens is 632 g/mol. The summed E-state index contributed by atoms with van der Waals surface area (Å²) in [4.78, 5) is 42.5. The molecule has 1 aromatic heterocycles. The van der Waals surface area contributed by atoms with Crippen LogP contribution in [-0.4, -0.2) is 59.3 Å². The van der Waals surface area contributed by atoms with E-state index in [0.29, 0.717) is 40.6 Å². The first-order chi connectivity index (χ1) is 22.7. The molecule has 1 N–H and O–H groups in total. The highest BCUT2D eigenvalue weighted by Gasteiger charge is 2.35. The van der Waals surface area contributed by atoms with Crippen molar-refractivity contribution in [3.05, 3.63) is 119 Å². The molecule has 6 rings (SSSR count). The van der Waals surface area contributed by atoms with Gasteiger partial charge in [0.15, 0.2) is 11.4 Å². The predicted molar refractivity (Wildman–Crippen MR) is 189 cm³/mol. The Hall–Kier alpha value is -4.86. The second-order valence-corrected chi connectivity index (χ2v) is 12.9. The zero-order chi connectivity index (χ0) is 33.4. The number of ketones is 1. The Labute approximate surface area is 283 Å². The number of halogens is 1. The standard InChI is InChI=1S/C23H26ClN3O3.C14H9NOS/c1-23(2,22(29)27-14-12-19(13-15-27)26-25-3)30-20-10-6-17(7-11-20)21(28)16-4-8-18(24)9-5-16;16-9-10-5-7-11(8-6-10)14-15-12-3-1-2-4-13(12)17-14/h4-11,25H,12-15H2,1-3H3;1-9H. The van der Waals surface area contributed by atoms with Crippen LogP contribution in [0.2, 0.25) is 5.02 Å². The van der Waals surface area contributed by atoms with Gasteiger partial charge in [-0.2, -0.15) is 5.10 Å². The number of rotatable bonds is 8. The normalized spacial score (nSPS) is 12.9. The van der Waals surface area contributed by atoms with E-state index >= 15 is 0 Å². The van der Waals surface area contributed by atoms with Crippen molar-refractivity contribution in [3.8, 4) is 16.3 Å². The third-order valence-corrected chi connectivity index (χ3v) is 8.93. The fourth-order valence-electron chi connectivity index (χ4n) is 5.10. The number of benzene rings is 4. The zero-order valence-corrected chi connectivity index (χ0v) is 28.0. The largest absolute Gasteiger partial charge is 0.478 e. The maximum absolute atomic E-state index is 13.0. The van der Waals surface area contributed by atoms with Crippen LogP contribution in [0, 0.1) is 0 Å². The van der Waals surface area contributed by atoms with Gasteiger partial charge in [-0.05, 0) is 74.5 Å². The maximum atomic E-state index is 13.0. The first-order valence-electron chi connectivity index (χ1n) is 15.2. The Morgan fingerprint density at radius 3 is 2.13 bits per heavy atom. The van der Waals surface area contributed by atoms with Gasteiger partial charge in [0, 0.05) is 66.0 Å². The third kappa shape index (κ3) is 8.49. The number of hydrazone groups is 1. The number of hydrogen-bond donors (Lipinski definition) is 1. The minimum Gasteiger partial charge on any atom is -0.478 e. The summed E-state index contributed by atoms with van der Waals surface area (Å²) >= 11 is 7.54. The van der Waals surface area contributed by atoms with E-state index in [2.05, 4.69) is 21.6 Å². The molecular formula is C37H35ClN4O4S. The molecule has 1 amide bonds. The van der Waals surface area contributed by atoms with Crippen molar-refractivity contribution in [2.75, 3.05) is 20.1 Å². The molecule has 47 heavy (non-hydrogen) atoms. The second-order valence-electron chi connectivity index (χ2n) is 11.4. The molecule has 8 nitrogen and oxygen atoms in total. The van der Waals surface area contributed by atoms with Crippen molar-refractivity contribution in [3.63, 3.8) is 0 Å². The summed E-state index contributed by atoms with van der Waals surface area (Å²) in [6.07, 6.45) is 2.36. The summed E-state index contributed by atoms with van der Waals surface area (Å²) in [6.45, 7) is 4.78. The van der Waals surface area contributed by atoms with Gasteiger partial charge in [-0.25, -0.2) is 4.98 Å². The number of aromatic nitrogens is 1. The van der Waals surface area contributed by atoms with Crippen molar-refractivity contribution in [1.82, 2.24) is 15.3 Å². The van der Waals surface area contributed by atoms with Gasteiger partial charge in [0.2, 0.25) is 0 Å². The highest BCUT2D eigenvalue weighted by Crippen LogP contribution is 2.30. The zero-order valence-electron chi connectivity index (χ0n) is 26.4. The highest BCUT2D eigenvalue weighted by atomic mass is 35.5. The van der Waals surface area contributed by atoms with Crippen LogP contribution in [0.4, 0.5) is 0 Å². The average molecular weight is 667 g/mol. The minimum absolute atomic E-state index is 0.0627. The van der Waals surface area contributed by atoms with Crippen LogP contribution in [0.25, 0.3) is 20.8 Å². The quantitative estimate of drug-likeness (QED) is 0.103. The van der Waals surface area contributed by atoms with Gasteiger partial charge in [0.05, 0.1) is 10.2 Å². The van der Waals surface area contributed by atoms with E-state index in [-0.39, 0.29) is 11.7 Å². The maximum Gasteiger partial charge on any atom is 0.266 e. The van der Waals surface area contributed by atoms with Crippen LogP contribution >= 0.6 is 22.9 Å². The van der Waals surface area contributed by atoms with Crippen LogP contribution < -0.4 is 10.2 Å². The number of piperidine rings is 1. The number of nitrogens with zero attached hydrogens (tertiary/aromatic N) is 3. The van der Waals surface area contributed by atoms with Crippen molar-refractivity contribution in [2.45, 2.75) is 32.3 Å². The molecule has 1 aliphatic rings. The SMILES string of the molecule is CNN=C1CCN(C(=O)C(C)(C)Oc2ccc(C(=O)c3ccc(Cl)cc3)cc2)CC1.O=Cc1ccc(-c2nc3ccccc3s2)cc1. The van der Waals surface area contributed by atoms with E-state index in [1.165, 1.54) is 4.70 Å². The number of carbonyl (C=O) groups is 3. The van der Waals surface area contributed by atoms with Crippen LogP contribution in [0.1, 0.15) is 53.0 Å². The van der Waals surface area contributed by atoms with Gasteiger partial charge >= 0.3 is 0 Å². The lowest BCUT2D eigenvalue weighted by Crippen LogP contribution is -2.51. The molecule has 0 atom stereocenters. The number of amides is 1. The number of nitrogens with one attached hydrogen (secondary N) is 1. The molecule has 0 radical (unpaired) electrons. The van der Waals surface area contributed by atoms with Crippen LogP contribution in [0.15, 0.2) is 102 Å². The van der Waals surface area contributed by atoms with Gasteiger partial charge in [-0.1, -0.05) is 48.0 Å². The number of para-hydroxylation sites is 1. The summed E-state index contributed by atoms with van der Waals surface area (Å²) in [5.41, 5.74) is 6.73. The van der Waals surface area contributed by atoms with Crippen molar-refractivity contribution in [1.29, 1.82) is 0 Å². The Morgan fingerprint density at radius 1 is 0.915 bits per heavy atom. The lowest BCUT2D eigenvalue weighted by atomic mass is 10.0. The number of aldehydes is 1. The molecule has 0 spiro atoms. The lowest BCUT2D eigenvalue weighted by molar-refractivity contribution is -0.145.